The van der Waals surface area contributed by atoms with Crippen LogP contribution in [0.4, 0.5) is 0 Å². The van der Waals surface area contributed by atoms with Crippen molar-refractivity contribution in [3.8, 4) is 0 Å². The summed E-state index contributed by atoms with van der Waals surface area (Å²) >= 11 is 1.81. The van der Waals surface area contributed by atoms with Crippen LogP contribution in [-0.4, -0.2) is 46.3 Å². The second-order valence-corrected chi connectivity index (χ2v) is 8.57. The van der Waals surface area contributed by atoms with Gasteiger partial charge in [0.25, 0.3) is 0 Å². The average Bonchev–Trinajstić information content (AvgIpc) is 2.35. The summed E-state index contributed by atoms with van der Waals surface area (Å²) in [7, 11) is 0. The Morgan fingerprint density at radius 1 is 1.24 bits per heavy atom. The number of nitrogens with zero attached hydrogens (tertiary/aromatic N) is 1. The Bertz CT molecular complexity index is 390. The van der Waals surface area contributed by atoms with E-state index < -0.39 is 6.04 Å². The van der Waals surface area contributed by atoms with Crippen LogP contribution < -0.4 is 5.32 Å². The van der Waals surface area contributed by atoms with Crippen LogP contribution >= 0.6 is 11.8 Å². The van der Waals surface area contributed by atoms with E-state index in [9.17, 15) is 9.59 Å². The Labute approximate surface area is 133 Å². The van der Waals surface area contributed by atoms with Crippen LogP contribution in [0.25, 0.3) is 0 Å². The number of piperazine rings is 1. The predicted molar refractivity (Wildman–Crippen MR) is 89.3 cm³/mol. The maximum absolute atomic E-state index is 12.9. The molecule has 1 N–H and O–H groups in total. The normalized spacial score (nSPS) is 25.2. The molecule has 0 spiro atoms. The number of thioether (sulfide) groups is 1. The SMILES string of the molecule is CCSCC(C)N1C(=O)C(C(C)(C)C)NC(=O)C1C(C)C. The number of hydrogen-bond acceptors (Lipinski definition) is 3. The number of rotatable bonds is 5. The summed E-state index contributed by atoms with van der Waals surface area (Å²) in [4.78, 5) is 27.3. The van der Waals surface area contributed by atoms with Crippen LogP contribution in [0.15, 0.2) is 0 Å². The summed E-state index contributed by atoms with van der Waals surface area (Å²) in [6, 6.07) is -0.719. The summed E-state index contributed by atoms with van der Waals surface area (Å²) < 4.78 is 0. The fourth-order valence-corrected chi connectivity index (χ4v) is 3.51. The molecule has 5 heteroatoms. The number of carbonyl (C=O) groups is 2. The van der Waals surface area contributed by atoms with Gasteiger partial charge in [0.1, 0.15) is 12.1 Å². The molecule has 4 nitrogen and oxygen atoms in total. The topological polar surface area (TPSA) is 49.4 Å². The number of amides is 2. The van der Waals surface area contributed by atoms with E-state index in [1.807, 2.05) is 58.2 Å². The molecule has 1 rings (SSSR count). The quantitative estimate of drug-likeness (QED) is 0.848. The lowest BCUT2D eigenvalue weighted by Crippen LogP contribution is -2.69. The summed E-state index contributed by atoms with van der Waals surface area (Å²) in [5, 5.41) is 2.94. The highest BCUT2D eigenvalue weighted by atomic mass is 32.2. The van der Waals surface area contributed by atoms with E-state index in [1.54, 1.807) is 0 Å². The molecule has 21 heavy (non-hydrogen) atoms. The molecule has 3 atom stereocenters. The van der Waals surface area contributed by atoms with E-state index >= 15 is 0 Å². The summed E-state index contributed by atoms with van der Waals surface area (Å²) in [5.74, 6) is 2.05. The van der Waals surface area contributed by atoms with Gasteiger partial charge in [0.15, 0.2) is 0 Å². The van der Waals surface area contributed by atoms with Crippen molar-refractivity contribution < 1.29 is 9.59 Å². The molecule has 3 unspecified atom stereocenters. The van der Waals surface area contributed by atoms with Gasteiger partial charge in [-0.2, -0.15) is 11.8 Å². The van der Waals surface area contributed by atoms with Crippen molar-refractivity contribution in [3.05, 3.63) is 0 Å². The van der Waals surface area contributed by atoms with Gasteiger partial charge in [-0.3, -0.25) is 9.59 Å². The van der Waals surface area contributed by atoms with Gasteiger partial charge in [-0.1, -0.05) is 41.5 Å². The Kier molecular flexibility index (Phi) is 6.14. The van der Waals surface area contributed by atoms with Crippen LogP contribution in [0.5, 0.6) is 0 Å². The van der Waals surface area contributed by atoms with Crippen molar-refractivity contribution in [3.63, 3.8) is 0 Å². The zero-order chi connectivity index (χ0) is 16.4. The second-order valence-electron chi connectivity index (χ2n) is 7.25. The fraction of sp³-hybridized carbons (Fsp3) is 0.875. The van der Waals surface area contributed by atoms with Crippen LogP contribution in [0.3, 0.4) is 0 Å². The maximum Gasteiger partial charge on any atom is 0.246 e. The second kappa shape index (κ2) is 7.03. The Balaban J connectivity index is 3.09. The first kappa shape index (κ1) is 18.3. The number of carbonyl (C=O) groups excluding carboxylic acids is 2. The number of nitrogens with one attached hydrogen (secondary N) is 1. The summed E-state index contributed by atoms with van der Waals surface area (Å²) in [5.41, 5.74) is -0.273. The van der Waals surface area contributed by atoms with Gasteiger partial charge >= 0.3 is 0 Å². The zero-order valence-electron chi connectivity index (χ0n) is 14.4. The lowest BCUT2D eigenvalue weighted by atomic mass is 9.82. The zero-order valence-corrected chi connectivity index (χ0v) is 15.2. The van der Waals surface area contributed by atoms with Crippen LogP contribution in [-0.2, 0) is 9.59 Å². The molecule has 0 radical (unpaired) electrons. The van der Waals surface area contributed by atoms with Gasteiger partial charge < -0.3 is 10.2 Å². The molecule has 122 valence electrons. The third-order valence-electron chi connectivity index (χ3n) is 3.89. The molecule has 1 saturated heterocycles. The Morgan fingerprint density at radius 2 is 1.81 bits per heavy atom. The molecule has 0 aromatic rings. The highest BCUT2D eigenvalue weighted by Crippen LogP contribution is 2.29. The molecule has 0 aliphatic carbocycles. The van der Waals surface area contributed by atoms with Crippen molar-refractivity contribution in [1.82, 2.24) is 10.2 Å². The maximum atomic E-state index is 12.9. The first-order chi connectivity index (χ1) is 9.61. The van der Waals surface area contributed by atoms with Crippen LogP contribution in [0.2, 0.25) is 0 Å². The van der Waals surface area contributed by atoms with Gasteiger partial charge in [0, 0.05) is 11.8 Å². The largest absolute Gasteiger partial charge is 0.342 e. The lowest BCUT2D eigenvalue weighted by molar-refractivity contribution is -0.156. The van der Waals surface area contributed by atoms with Gasteiger partial charge in [0.2, 0.25) is 11.8 Å². The van der Waals surface area contributed by atoms with Crippen molar-refractivity contribution in [2.24, 2.45) is 11.3 Å². The Morgan fingerprint density at radius 3 is 2.24 bits per heavy atom. The van der Waals surface area contributed by atoms with Crippen LogP contribution in [0, 0.1) is 11.3 Å². The molecule has 0 aromatic heterocycles. The molecule has 0 saturated carbocycles. The van der Waals surface area contributed by atoms with E-state index in [2.05, 4.69) is 12.2 Å². The van der Waals surface area contributed by atoms with E-state index in [0.29, 0.717) is 0 Å². The standard InChI is InChI=1S/C16H30N2O2S/c1-8-21-9-11(4)18-12(10(2)3)14(19)17-13(15(18)20)16(5,6)7/h10-13H,8-9H2,1-7H3,(H,17,19). The molecule has 1 heterocycles. The molecule has 2 amide bonds. The average molecular weight is 314 g/mol. The molecule has 1 aliphatic rings. The molecular weight excluding hydrogens is 284 g/mol. The van der Waals surface area contributed by atoms with E-state index in [-0.39, 0.29) is 35.2 Å². The fourth-order valence-electron chi connectivity index (χ4n) is 2.77. The minimum atomic E-state index is -0.436. The monoisotopic (exact) mass is 314 g/mol. The third kappa shape index (κ3) is 4.15. The minimum Gasteiger partial charge on any atom is -0.342 e. The Hall–Kier alpha value is -0.710. The van der Waals surface area contributed by atoms with Crippen molar-refractivity contribution in [1.29, 1.82) is 0 Å². The van der Waals surface area contributed by atoms with E-state index in [1.165, 1.54) is 0 Å². The smallest absolute Gasteiger partial charge is 0.246 e. The third-order valence-corrected chi connectivity index (χ3v) is 5.02. The van der Waals surface area contributed by atoms with E-state index in [4.69, 9.17) is 0 Å². The van der Waals surface area contributed by atoms with Gasteiger partial charge in [-0.15, -0.1) is 0 Å². The van der Waals surface area contributed by atoms with Crippen molar-refractivity contribution >= 4 is 23.6 Å². The summed E-state index contributed by atoms with van der Waals surface area (Å²) in [6.45, 7) is 14.1. The van der Waals surface area contributed by atoms with E-state index in [0.717, 1.165) is 11.5 Å². The van der Waals surface area contributed by atoms with Crippen LogP contribution in [0.1, 0.15) is 48.5 Å². The van der Waals surface area contributed by atoms with Crippen molar-refractivity contribution in [2.75, 3.05) is 11.5 Å². The van der Waals surface area contributed by atoms with Crippen molar-refractivity contribution in [2.45, 2.75) is 66.6 Å². The van der Waals surface area contributed by atoms with Gasteiger partial charge in [-0.05, 0) is 24.0 Å². The molecule has 1 aliphatic heterocycles. The van der Waals surface area contributed by atoms with Gasteiger partial charge in [0.05, 0.1) is 0 Å². The molecule has 1 fully saturated rings. The highest BCUT2D eigenvalue weighted by molar-refractivity contribution is 7.99. The molecular formula is C16H30N2O2S. The predicted octanol–water partition coefficient (Wildman–Crippen LogP) is 2.53. The lowest BCUT2D eigenvalue weighted by Gasteiger charge is -2.47. The first-order valence-electron chi connectivity index (χ1n) is 7.81. The molecule has 0 bridgehead atoms. The van der Waals surface area contributed by atoms with Gasteiger partial charge in [-0.25, -0.2) is 0 Å². The summed E-state index contributed by atoms with van der Waals surface area (Å²) in [6.07, 6.45) is 0. The molecule has 0 aromatic carbocycles. The first-order valence-corrected chi connectivity index (χ1v) is 8.97. The minimum absolute atomic E-state index is 0.0159. The highest BCUT2D eigenvalue weighted by Gasteiger charge is 2.47. The number of hydrogen-bond donors (Lipinski definition) is 1.